The standard InChI is InChI=1S/C16H24FN3O3S/c1-19-8-9-20(2)14(12-19)11-16(21)18-7-10-24(22,23)15-5-3-13(17)4-6-15/h3-6,14H,7-12H2,1-2H3,(H,18,21)/t14-/m1/s1. The molecule has 1 amide bonds. The van der Waals surface area contributed by atoms with E-state index in [1.165, 1.54) is 12.1 Å². The average molecular weight is 357 g/mol. The van der Waals surface area contributed by atoms with Crippen LogP contribution in [0.3, 0.4) is 0 Å². The maximum Gasteiger partial charge on any atom is 0.221 e. The highest BCUT2D eigenvalue weighted by Crippen LogP contribution is 2.12. The molecule has 0 aliphatic carbocycles. The first-order valence-corrected chi connectivity index (χ1v) is 9.57. The summed E-state index contributed by atoms with van der Waals surface area (Å²) in [5.74, 6) is -0.842. The summed E-state index contributed by atoms with van der Waals surface area (Å²) in [7, 11) is 0.486. The monoisotopic (exact) mass is 357 g/mol. The lowest BCUT2D eigenvalue weighted by atomic mass is 10.1. The predicted molar refractivity (Wildman–Crippen MR) is 90.0 cm³/mol. The first kappa shape index (κ1) is 18.8. The van der Waals surface area contributed by atoms with E-state index in [0.29, 0.717) is 6.42 Å². The number of nitrogens with one attached hydrogen (secondary N) is 1. The molecule has 1 saturated heterocycles. The number of sulfone groups is 1. The van der Waals surface area contributed by atoms with Crippen molar-refractivity contribution in [1.29, 1.82) is 0 Å². The largest absolute Gasteiger partial charge is 0.355 e. The van der Waals surface area contributed by atoms with Crippen LogP contribution in [0.15, 0.2) is 29.2 Å². The number of hydrogen-bond acceptors (Lipinski definition) is 5. The molecule has 0 bridgehead atoms. The molecule has 2 rings (SSSR count). The minimum Gasteiger partial charge on any atom is -0.355 e. The van der Waals surface area contributed by atoms with E-state index in [2.05, 4.69) is 15.1 Å². The Hall–Kier alpha value is -1.51. The molecule has 1 aliphatic rings. The number of carbonyl (C=O) groups excluding carboxylic acids is 1. The Bertz CT molecular complexity index is 664. The molecule has 6 nitrogen and oxygen atoms in total. The molecule has 8 heteroatoms. The lowest BCUT2D eigenvalue weighted by Gasteiger charge is -2.37. The van der Waals surface area contributed by atoms with Gasteiger partial charge in [-0.3, -0.25) is 4.79 Å². The second-order valence-corrected chi connectivity index (χ2v) is 8.33. The number of hydrogen-bond donors (Lipinski definition) is 1. The van der Waals surface area contributed by atoms with Gasteiger partial charge in [0.1, 0.15) is 5.82 Å². The van der Waals surface area contributed by atoms with Crippen LogP contribution in [-0.4, -0.2) is 76.2 Å². The third-order valence-electron chi connectivity index (χ3n) is 4.27. The Morgan fingerprint density at radius 1 is 1.25 bits per heavy atom. The van der Waals surface area contributed by atoms with Gasteiger partial charge in [-0.15, -0.1) is 0 Å². The second-order valence-electron chi connectivity index (χ2n) is 6.22. The van der Waals surface area contributed by atoms with Crippen LogP contribution in [0, 0.1) is 5.82 Å². The van der Waals surface area contributed by atoms with Crippen molar-refractivity contribution in [3.05, 3.63) is 30.1 Å². The summed E-state index contributed by atoms with van der Waals surface area (Å²) in [4.78, 5) is 16.4. The molecule has 24 heavy (non-hydrogen) atoms. The van der Waals surface area contributed by atoms with Crippen LogP contribution in [0.2, 0.25) is 0 Å². The van der Waals surface area contributed by atoms with Gasteiger partial charge in [0.05, 0.1) is 10.6 Å². The number of amides is 1. The van der Waals surface area contributed by atoms with Crippen LogP contribution in [0.25, 0.3) is 0 Å². The molecule has 0 aromatic heterocycles. The van der Waals surface area contributed by atoms with Crippen molar-refractivity contribution in [3.63, 3.8) is 0 Å². The molecule has 134 valence electrons. The van der Waals surface area contributed by atoms with Gasteiger partial charge in [0.2, 0.25) is 5.91 Å². The molecular weight excluding hydrogens is 333 g/mol. The van der Waals surface area contributed by atoms with Gasteiger partial charge in [0.15, 0.2) is 9.84 Å². The summed E-state index contributed by atoms with van der Waals surface area (Å²) >= 11 is 0. The van der Waals surface area contributed by atoms with Gasteiger partial charge >= 0.3 is 0 Å². The first-order valence-electron chi connectivity index (χ1n) is 7.92. The fourth-order valence-electron chi connectivity index (χ4n) is 2.69. The van der Waals surface area contributed by atoms with E-state index in [1.807, 2.05) is 14.1 Å². The van der Waals surface area contributed by atoms with E-state index in [1.54, 1.807) is 0 Å². The second kappa shape index (κ2) is 8.04. The minimum atomic E-state index is -3.53. The summed E-state index contributed by atoms with van der Waals surface area (Å²) < 4.78 is 37.1. The third kappa shape index (κ3) is 5.25. The number of halogens is 1. The highest BCUT2D eigenvalue weighted by atomic mass is 32.2. The average Bonchev–Trinajstić information content (AvgIpc) is 2.51. The predicted octanol–water partition coefficient (Wildman–Crippen LogP) is 0.352. The molecule has 0 saturated carbocycles. The molecule has 1 aromatic rings. The number of nitrogens with zero attached hydrogens (tertiary/aromatic N) is 2. The van der Waals surface area contributed by atoms with E-state index in [9.17, 15) is 17.6 Å². The van der Waals surface area contributed by atoms with Crippen molar-refractivity contribution in [1.82, 2.24) is 15.1 Å². The van der Waals surface area contributed by atoms with Crippen molar-refractivity contribution in [2.45, 2.75) is 17.4 Å². The van der Waals surface area contributed by atoms with E-state index >= 15 is 0 Å². The molecule has 1 atom stereocenters. The van der Waals surface area contributed by atoms with Crippen LogP contribution >= 0.6 is 0 Å². The van der Waals surface area contributed by atoms with Gasteiger partial charge in [-0.2, -0.15) is 0 Å². The van der Waals surface area contributed by atoms with Gasteiger partial charge in [-0.05, 0) is 38.4 Å². The molecule has 1 aromatic carbocycles. The molecule has 0 unspecified atom stereocenters. The zero-order valence-corrected chi connectivity index (χ0v) is 14.9. The van der Waals surface area contributed by atoms with Gasteiger partial charge in [0, 0.05) is 38.6 Å². The Morgan fingerprint density at radius 3 is 2.58 bits per heavy atom. The zero-order valence-electron chi connectivity index (χ0n) is 14.0. The van der Waals surface area contributed by atoms with Crippen molar-refractivity contribution >= 4 is 15.7 Å². The Morgan fingerprint density at radius 2 is 1.92 bits per heavy atom. The Kier molecular flexibility index (Phi) is 6.31. The normalized spacial score (nSPS) is 20.0. The fourth-order valence-corrected chi connectivity index (χ4v) is 3.85. The Balaban J connectivity index is 1.80. The molecule has 1 aliphatic heterocycles. The maximum absolute atomic E-state index is 12.9. The fraction of sp³-hybridized carbons (Fsp3) is 0.562. The molecule has 1 heterocycles. The number of rotatable bonds is 6. The zero-order chi connectivity index (χ0) is 17.7. The van der Waals surface area contributed by atoms with E-state index in [0.717, 1.165) is 31.8 Å². The summed E-state index contributed by atoms with van der Waals surface area (Å²) in [5, 5.41) is 2.67. The molecule has 0 radical (unpaired) electrons. The van der Waals surface area contributed by atoms with Crippen molar-refractivity contribution < 1.29 is 17.6 Å². The number of likely N-dealkylation sites (N-methyl/N-ethyl adjacent to an activating group) is 2. The summed E-state index contributed by atoms with van der Waals surface area (Å²) in [6.07, 6.45) is 0.345. The summed E-state index contributed by atoms with van der Waals surface area (Å²) in [6.45, 7) is 2.75. The number of carbonyl (C=O) groups is 1. The lowest BCUT2D eigenvalue weighted by molar-refractivity contribution is -0.122. The lowest BCUT2D eigenvalue weighted by Crippen LogP contribution is -2.51. The van der Waals surface area contributed by atoms with Crippen LogP contribution in [0.5, 0.6) is 0 Å². The highest BCUT2D eigenvalue weighted by molar-refractivity contribution is 7.91. The van der Waals surface area contributed by atoms with E-state index in [-0.39, 0.29) is 29.1 Å². The highest BCUT2D eigenvalue weighted by Gasteiger charge is 2.24. The first-order chi connectivity index (χ1) is 11.3. The molecule has 1 N–H and O–H groups in total. The van der Waals surface area contributed by atoms with Crippen LogP contribution in [0.1, 0.15) is 6.42 Å². The smallest absolute Gasteiger partial charge is 0.221 e. The minimum absolute atomic E-state index is 0.0464. The molecular formula is C16H24FN3O3S. The molecule has 1 fully saturated rings. The topological polar surface area (TPSA) is 69.7 Å². The summed E-state index contributed by atoms with van der Waals surface area (Å²) in [6, 6.07) is 4.83. The number of benzene rings is 1. The third-order valence-corrected chi connectivity index (χ3v) is 6.00. The Labute approximate surface area is 142 Å². The van der Waals surface area contributed by atoms with Crippen LogP contribution in [-0.2, 0) is 14.6 Å². The molecule has 0 spiro atoms. The van der Waals surface area contributed by atoms with Gasteiger partial charge in [-0.25, -0.2) is 12.8 Å². The van der Waals surface area contributed by atoms with Crippen molar-refractivity contribution in [3.8, 4) is 0 Å². The van der Waals surface area contributed by atoms with Crippen LogP contribution < -0.4 is 5.32 Å². The van der Waals surface area contributed by atoms with E-state index in [4.69, 9.17) is 0 Å². The van der Waals surface area contributed by atoms with Gasteiger partial charge in [-0.1, -0.05) is 0 Å². The van der Waals surface area contributed by atoms with Crippen LogP contribution in [0.4, 0.5) is 4.39 Å². The quantitative estimate of drug-likeness (QED) is 0.744. The summed E-state index contributed by atoms with van der Waals surface area (Å²) in [5.41, 5.74) is 0. The van der Waals surface area contributed by atoms with Gasteiger partial charge in [0.25, 0.3) is 0 Å². The maximum atomic E-state index is 12.9. The SMILES string of the molecule is CN1CCN(C)[C@H](CC(=O)NCCS(=O)(=O)c2ccc(F)cc2)C1. The number of piperazine rings is 1. The van der Waals surface area contributed by atoms with Crippen molar-refractivity contribution in [2.24, 2.45) is 0 Å². The van der Waals surface area contributed by atoms with Gasteiger partial charge < -0.3 is 15.1 Å². The van der Waals surface area contributed by atoms with E-state index < -0.39 is 15.7 Å². The van der Waals surface area contributed by atoms with Crippen molar-refractivity contribution in [2.75, 3.05) is 46.0 Å².